The SMILES string of the molecule is Cc1ccccc1C(=O)NC1(C#N)CC1. The first-order valence-electron chi connectivity index (χ1n) is 4.96. The van der Waals surface area contributed by atoms with Crippen molar-refractivity contribution in [1.29, 1.82) is 5.26 Å². The van der Waals surface area contributed by atoms with Crippen LogP contribution < -0.4 is 5.32 Å². The largest absolute Gasteiger partial charge is 0.334 e. The molecule has 1 aliphatic carbocycles. The maximum atomic E-state index is 11.8. The van der Waals surface area contributed by atoms with Crippen molar-refractivity contribution in [1.82, 2.24) is 5.32 Å². The molecule has 1 aromatic carbocycles. The zero-order valence-corrected chi connectivity index (χ0v) is 8.58. The van der Waals surface area contributed by atoms with Crippen LogP contribution in [0.2, 0.25) is 0 Å². The Balaban J connectivity index is 2.16. The summed E-state index contributed by atoms with van der Waals surface area (Å²) in [6.45, 7) is 1.89. The first-order chi connectivity index (χ1) is 7.17. The second-order valence-electron chi connectivity index (χ2n) is 3.96. The van der Waals surface area contributed by atoms with Gasteiger partial charge in [0.2, 0.25) is 0 Å². The maximum Gasteiger partial charge on any atom is 0.252 e. The van der Waals surface area contributed by atoms with Crippen LogP contribution in [0.25, 0.3) is 0 Å². The molecule has 0 aromatic heterocycles. The van der Waals surface area contributed by atoms with Gasteiger partial charge < -0.3 is 5.32 Å². The molecule has 0 atom stereocenters. The number of carbonyl (C=O) groups is 1. The molecule has 0 aliphatic heterocycles. The van der Waals surface area contributed by atoms with Crippen molar-refractivity contribution in [2.75, 3.05) is 0 Å². The van der Waals surface area contributed by atoms with Crippen LogP contribution in [-0.2, 0) is 0 Å². The predicted octanol–water partition coefficient (Wildman–Crippen LogP) is 1.78. The lowest BCUT2D eigenvalue weighted by atomic mass is 10.1. The Morgan fingerprint density at radius 3 is 2.67 bits per heavy atom. The highest BCUT2D eigenvalue weighted by molar-refractivity contribution is 5.96. The molecule has 3 nitrogen and oxygen atoms in total. The van der Waals surface area contributed by atoms with E-state index in [9.17, 15) is 4.79 Å². The van der Waals surface area contributed by atoms with Gasteiger partial charge in [-0.3, -0.25) is 4.79 Å². The fraction of sp³-hybridized carbons (Fsp3) is 0.333. The van der Waals surface area contributed by atoms with E-state index in [4.69, 9.17) is 5.26 Å². The zero-order chi connectivity index (χ0) is 10.9. The number of carbonyl (C=O) groups excluding carboxylic acids is 1. The lowest BCUT2D eigenvalue weighted by Gasteiger charge is -2.10. The van der Waals surface area contributed by atoms with Crippen LogP contribution in [0.1, 0.15) is 28.8 Å². The summed E-state index contributed by atoms with van der Waals surface area (Å²) in [6.07, 6.45) is 1.53. The average molecular weight is 200 g/mol. The number of nitrogens with zero attached hydrogens (tertiary/aromatic N) is 1. The van der Waals surface area contributed by atoms with Crippen LogP contribution in [0.3, 0.4) is 0 Å². The summed E-state index contributed by atoms with van der Waals surface area (Å²) < 4.78 is 0. The minimum atomic E-state index is -0.584. The van der Waals surface area contributed by atoms with Gasteiger partial charge in [-0.1, -0.05) is 18.2 Å². The van der Waals surface area contributed by atoms with Crippen molar-refractivity contribution >= 4 is 5.91 Å². The topological polar surface area (TPSA) is 52.9 Å². The van der Waals surface area contributed by atoms with E-state index in [0.717, 1.165) is 18.4 Å². The minimum Gasteiger partial charge on any atom is -0.334 e. The Labute approximate surface area is 88.7 Å². The third kappa shape index (κ3) is 1.84. The summed E-state index contributed by atoms with van der Waals surface area (Å²) in [6, 6.07) is 9.53. The van der Waals surface area contributed by atoms with E-state index in [-0.39, 0.29) is 5.91 Å². The van der Waals surface area contributed by atoms with Crippen molar-refractivity contribution in [2.45, 2.75) is 25.3 Å². The number of nitrogens with one attached hydrogen (secondary N) is 1. The van der Waals surface area contributed by atoms with Crippen molar-refractivity contribution in [3.63, 3.8) is 0 Å². The van der Waals surface area contributed by atoms with Crippen LogP contribution in [0.15, 0.2) is 24.3 Å². The molecule has 2 rings (SSSR count). The van der Waals surface area contributed by atoms with Crippen molar-refractivity contribution < 1.29 is 4.79 Å². The Hall–Kier alpha value is -1.82. The van der Waals surface area contributed by atoms with Gasteiger partial charge in [0.25, 0.3) is 5.91 Å². The highest BCUT2D eigenvalue weighted by Gasteiger charge is 2.44. The molecular weight excluding hydrogens is 188 g/mol. The van der Waals surface area contributed by atoms with Gasteiger partial charge in [0.05, 0.1) is 6.07 Å². The third-order valence-electron chi connectivity index (χ3n) is 2.71. The van der Waals surface area contributed by atoms with Gasteiger partial charge in [0, 0.05) is 5.56 Å². The quantitative estimate of drug-likeness (QED) is 0.791. The molecule has 76 valence electrons. The van der Waals surface area contributed by atoms with E-state index in [1.54, 1.807) is 6.07 Å². The van der Waals surface area contributed by atoms with Gasteiger partial charge in [-0.2, -0.15) is 5.26 Å². The number of aryl methyl sites for hydroxylation is 1. The Morgan fingerprint density at radius 2 is 2.13 bits per heavy atom. The third-order valence-corrected chi connectivity index (χ3v) is 2.71. The fourth-order valence-electron chi connectivity index (χ4n) is 1.50. The molecule has 15 heavy (non-hydrogen) atoms. The molecule has 0 unspecified atom stereocenters. The minimum absolute atomic E-state index is 0.146. The lowest BCUT2D eigenvalue weighted by Crippen LogP contribution is -2.35. The molecule has 0 spiro atoms. The summed E-state index contributed by atoms with van der Waals surface area (Å²) in [7, 11) is 0. The second-order valence-corrected chi connectivity index (χ2v) is 3.96. The normalized spacial score (nSPS) is 16.5. The van der Waals surface area contributed by atoms with Crippen LogP contribution in [-0.4, -0.2) is 11.4 Å². The van der Waals surface area contributed by atoms with Gasteiger partial charge in [0.1, 0.15) is 5.54 Å². The van der Waals surface area contributed by atoms with E-state index in [1.807, 2.05) is 25.1 Å². The molecule has 1 aromatic rings. The van der Waals surface area contributed by atoms with Gasteiger partial charge in [0.15, 0.2) is 0 Å². The Kier molecular flexibility index (Phi) is 2.20. The van der Waals surface area contributed by atoms with Gasteiger partial charge in [-0.25, -0.2) is 0 Å². The van der Waals surface area contributed by atoms with Crippen molar-refractivity contribution in [3.05, 3.63) is 35.4 Å². The number of hydrogen-bond acceptors (Lipinski definition) is 2. The summed E-state index contributed by atoms with van der Waals surface area (Å²) in [4.78, 5) is 11.8. The molecule has 1 N–H and O–H groups in total. The van der Waals surface area contributed by atoms with Crippen molar-refractivity contribution in [2.24, 2.45) is 0 Å². The summed E-state index contributed by atoms with van der Waals surface area (Å²) in [5, 5.41) is 11.6. The average Bonchev–Trinajstić information content (AvgIpc) is 2.99. The maximum absolute atomic E-state index is 11.8. The lowest BCUT2D eigenvalue weighted by molar-refractivity contribution is 0.0941. The van der Waals surface area contributed by atoms with Crippen LogP contribution in [0, 0.1) is 18.3 Å². The van der Waals surface area contributed by atoms with Gasteiger partial charge in [-0.05, 0) is 31.4 Å². The molecule has 1 fully saturated rings. The number of amides is 1. The van der Waals surface area contributed by atoms with Gasteiger partial charge in [-0.15, -0.1) is 0 Å². The van der Waals surface area contributed by atoms with E-state index < -0.39 is 5.54 Å². The van der Waals surface area contributed by atoms with Crippen molar-refractivity contribution in [3.8, 4) is 6.07 Å². The Bertz CT molecular complexity index is 441. The zero-order valence-electron chi connectivity index (χ0n) is 8.58. The van der Waals surface area contributed by atoms with Crippen LogP contribution in [0.5, 0.6) is 0 Å². The smallest absolute Gasteiger partial charge is 0.252 e. The van der Waals surface area contributed by atoms with E-state index in [2.05, 4.69) is 11.4 Å². The van der Waals surface area contributed by atoms with E-state index in [0.29, 0.717) is 5.56 Å². The second kappa shape index (κ2) is 3.39. The fourth-order valence-corrected chi connectivity index (χ4v) is 1.50. The van der Waals surface area contributed by atoms with Gasteiger partial charge >= 0.3 is 0 Å². The first-order valence-corrected chi connectivity index (χ1v) is 4.96. The monoisotopic (exact) mass is 200 g/mol. The molecule has 3 heteroatoms. The number of hydrogen-bond donors (Lipinski definition) is 1. The molecule has 1 amide bonds. The van der Waals surface area contributed by atoms with E-state index in [1.165, 1.54) is 0 Å². The molecule has 1 saturated carbocycles. The number of nitriles is 1. The summed E-state index contributed by atoms with van der Waals surface area (Å²) in [5.74, 6) is -0.146. The van der Waals surface area contributed by atoms with E-state index >= 15 is 0 Å². The summed E-state index contributed by atoms with van der Waals surface area (Å²) in [5.41, 5.74) is 1.00. The molecule has 1 aliphatic rings. The molecule has 0 heterocycles. The van der Waals surface area contributed by atoms with Crippen LogP contribution in [0.4, 0.5) is 0 Å². The molecule has 0 bridgehead atoms. The number of benzene rings is 1. The van der Waals surface area contributed by atoms with Crippen LogP contribution >= 0.6 is 0 Å². The Morgan fingerprint density at radius 1 is 1.47 bits per heavy atom. The molecule has 0 radical (unpaired) electrons. The molecular formula is C12H12N2O. The standard InChI is InChI=1S/C12H12N2O/c1-9-4-2-3-5-10(9)11(15)14-12(8-13)6-7-12/h2-5H,6-7H2,1H3,(H,14,15). The predicted molar refractivity (Wildman–Crippen MR) is 56.2 cm³/mol. The summed E-state index contributed by atoms with van der Waals surface area (Å²) >= 11 is 0. The number of rotatable bonds is 2. The molecule has 0 saturated heterocycles. The highest BCUT2D eigenvalue weighted by Crippen LogP contribution is 2.34. The first kappa shape index (κ1) is 9.72. The highest BCUT2D eigenvalue weighted by atomic mass is 16.1.